The Balaban J connectivity index is 2.23. The molecule has 1 aromatic rings. The van der Waals surface area contributed by atoms with Gasteiger partial charge in [-0.2, -0.15) is 0 Å². The van der Waals surface area contributed by atoms with Crippen molar-refractivity contribution in [2.45, 2.75) is 45.1 Å². The third-order valence-corrected chi connectivity index (χ3v) is 3.72. The van der Waals surface area contributed by atoms with Crippen molar-refractivity contribution in [3.05, 3.63) is 29.8 Å². The first kappa shape index (κ1) is 12.4. The Morgan fingerprint density at radius 3 is 2.41 bits per heavy atom. The molecule has 1 heterocycles. The van der Waals surface area contributed by atoms with Gasteiger partial charge in [0.25, 0.3) is 0 Å². The molecule has 0 radical (unpaired) electrons. The number of para-hydroxylation sites is 1. The summed E-state index contributed by atoms with van der Waals surface area (Å²) in [6, 6.07) is 8.83. The van der Waals surface area contributed by atoms with Crippen molar-refractivity contribution in [2.75, 3.05) is 18.0 Å². The summed E-state index contributed by atoms with van der Waals surface area (Å²) in [5.41, 5.74) is 8.90. The van der Waals surface area contributed by atoms with Crippen molar-refractivity contribution in [2.24, 2.45) is 5.73 Å². The number of hydrogen-bond donors (Lipinski definition) is 1. The highest BCUT2D eigenvalue weighted by molar-refractivity contribution is 5.55. The quantitative estimate of drug-likeness (QED) is 0.864. The second-order valence-electron chi connectivity index (χ2n) is 4.97. The second kappa shape index (κ2) is 6.06. The summed E-state index contributed by atoms with van der Waals surface area (Å²) in [6.45, 7) is 4.53. The molecule has 0 saturated carbocycles. The van der Waals surface area contributed by atoms with Crippen LogP contribution >= 0.6 is 0 Å². The third kappa shape index (κ3) is 3.01. The van der Waals surface area contributed by atoms with E-state index >= 15 is 0 Å². The number of nitrogens with two attached hydrogens (primary N) is 1. The van der Waals surface area contributed by atoms with Gasteiger partial charge in [-0.05, 0) is 30.9 Å². The number of anilines is 1. The lowest BCUT2D eigenvalue weighted by Crippen LogP contribution is -2.26. The summed E-state index contributed by atoms with van der Waals surface area (Å²) in [6.07, 6.45) is 6.38. The molecule has 94 valence electrons. The van der Waals surface area contributed by atoms with E-state index in [1.54, 1.807) is 0 Å². The van der Waals surface area contributed by atoms with Crippen molar-refractivity contribution in [3.63, 3.8) is 0 Å². The predicted octanol–water partition coefficient (Wildman–Crippen LogP) is 3.48. The van der Waals surface area contributed by atoms with Crippen LogP contribution in [-0.2, 0) is 0 Å². The SMILES string of the molecule is CC[C@H](N)c1ccccc1N1CCCCCC1. The van der Waals surface area contributed by atoms with E-state index in [-0.39, 0.29) is 6.04 Å². The molecule has 2 rings (SSSR count). The lowest BCUT2D eigenvalue weighted by molar-refractivity contribution is 0.688. The average molecular weight is 232 g/mol. The minimum Gasteiger partial charge on any atom is -0.371 e. The molecule has 1 saturated heterocycles. The van der Waals surface area contributed by atoms with E-state index in [9.17, 15) is 0 Å². The smallest absolute Gasteiger partial charge is 0.0414 e. The zero-order valence-corrected chi connectivity index (χ0v) is 10.9. The van der Waals surface area contributed by atoms with Crippen molar-refractivity contribution in [1.82, 2.24) is 0 Å². The normalized spacial score (nSPS) is 18.8. The summed E-state index contributed by atoms with van der Waals surface area (Å²) < 4.78 is 0. The van der Waals surface area contributed by atoms with Crippen LogP contribution in [0.15, 0.2) is 24.3 Å². The third-order valence-electron chi connectivity index (χ3n) is 3.72. The van der Waals surface area contributed by atoms with Crippen molar-refractivity contribution < 1.29 is 0 Å². The molecule has 2 heteroatoms. The molecule has 1 aliphatic rings. The molecule has 1 atom stereocenters. The monoisotopic (exact) mass is 232 g/mol. The largest absolute Gasteiger partial charge is 0.371 e. The first-order chi connectivity index (χ1) is 8.33. The van der Waals surface area contributed by atoms with Gasteiger partial charge in [0.1, 0.15) is 0 Å². The maximum atomic E-state index is 6.21. The molecule has 0 bridgehead atoms. The van der Waals surface area contributed by atoms with E-state index < -0.39 is 0 Å². The molecule has 0 amide bonds. The molecule has 1 aromatic carbocycles. The van der Waals surface area contributed by atoms with Crippen LogP contribution in [0.3, 0.4) is 0 Å². The first-order valence-electron chi connectivity index (χ1n) is 6.92. The van der Waals surface area contributed by atoms with Crippen LogP contribution < -0.4 is 10.6 Å². The Bertz CT molecular complexity index is 341. The fourth-order valence-corrected chi connectivity index (χ4v) is 2.62. The summed E-state index contributed by atoms with van der Waals surface area (Å²) in [5.74, 6) is 0. The fraction of sp³-hybridized carbons (Fsp3) is 0.600. The molecule has 1 aliphatic heterocycles. The zero-order chi connectivity index (χ0) is 12.1. The van der Waals surface area contributed by atoms with Gasteiger partial charge in [0, 0.05) is 24.8 Å². The summed E-state index contributed by atoms with van der Waals surface area (Å²) in [4.78, 5) is 2.53. The molecule has 1 fully saturated rings. The zero-order valence-electron chi connectivity index (χ0n) is 10.9. The van der Waals surface area contributed by atoms with Crippen LogP contribution in [0.25, 0.3) is 0 Å². The van der Waals surface area contributed by atoms with Gasteiger partial charge < -0.3 is 10.6 Å². The second-order valence-corrected chi connectivity index (χ2v) is 4.97. The number of rotatable bonds is 3. The van der Waals surface area contributed by atoms with Crippen LogP contribution in [0, 0.1) is 0 Å². The summed E-state index contributed by atoms with van der Waals surface area (Å²) >= 11 is 0. The molecule has 2 N–H and O–H groups in total. The van der Waals surface area contributed by atoms with E-state index in [1.807, 2.05) is 0 Å². The number of benzene rings is 1. The molecule has 2 nitrogen and oxygen atoms in total. The maximum Gasteiger partial charge on any atom is 0.0414 e. The highest BCUT2D eigenvalue weighted by atomic mass is 15.1. The van der Waals surface area contributed by atoms with Gasteiger partial charge in [0.15, 0.2) is 0 Å². The van der Waals surface area contributed by atoms with Gasteiger partial charge in [0.05, 0.1) is 0 Å². The van der Waals surface area contributed by atoms with E-state index in [0.29, 0.717) is 0 Å². The van der Waals surface area contributed by atoms with E-state index in [4.69, 9.17) is 5.73 Å². The predicted molar refractivity (Wildman–Crippen MR) is 74.3 cm³/mol. The minimum atomic E-state index is 0.175. The molecule has 17 heavy (non-hydrogen) atoms. The Morgan fingerprint density at radius 1 is 1.12 bits per heavy atom. The standard InChI is InChI=1S/C15H24N2/c1-2-14(16)13-9-5-6-10-15(13)17-11-7-3-4-8-12-17/h5-6,9-10,14H,2-4,7-8,11-12,16H2,1H3/t14-/m0/s1. The van der Waals surface area contributed by atoms with Crippen molar-refractivity contribution >= 4 is 5.69 Å². The number of hydrogen-bond acceptors (Lipinski definition) is 2. The molecular weight excluding hydrogens is 208 g/mol. The van der Waals surface area contributed by atoms with Gasteiger partial charge in [-0.25, -0.2) is 0 Å². The van der Waals surface area contributed by atoms with Gasteiger partial charge in [-0.1, -0.05) is 38.0 Å². The van der Waals surface area contributed by atoms with Crippen LogP contribution in [0.2, 0.25) is 0 Å². The molecule has 0 aliphatic carbocycles. The van der Waals surface area contributed by atoms with Gasteiger partial charge in [-0.3, -0.25) is 0 Å². The molecule has 0 spiro atoms. The van der Waals surface area contributed by atoms with E-state index in [1.165, 1.54) is 50.0 Å². The summed E-state index contributed by atoms with van der Waals surface area (Å²) in [5, 5.41) is 0. The van der Waals surface area contributed by atoms with Crippen LogP contribution in [0.5, 0.6) is 0 Å². The van der Waals surface area contributed by atoms with Crippen molar-refractivity contribution in [3.8, 4) is 0 Å². The Kier molecular flexibility index (Phi) is 4.43. The van der Waals surface area contributed by atoms with Crippen LogP contribution in [-0.4, -0.2) is 13.1 Å². The van der Waals surface area contributed by atoms with Gasteiger partial charge >= 0.3 is 0 Å². The lowest BCUT2D eigenvalue weighted by Gasteiger charge is -2.27. The Labute approximate surface area is 105 Å². The van der Waals surface area contributed by atoms with Crippen LogP contribution in [0.4, 0.5) is 5.69 Å². The average Bonchev–Trinajstić information content (AvgIpc) is 2.66. The number of nitrogens with zero attached hydrogens (tertiary/aromatic N) is 1. The van der Waals surface area contributed by atoms with Crippen molar-refractivity contribution in [1.29, 1.82) is 0 Å². The minimum absolute atomic E-state index is 0.175. The van der Waals surface area contributed by atoms with E-state index in [2.05, 4.69) is 36.1 Å². The topological polar surface area (TPSA) is 29.3 Å². The van der Waals surface area contributed by atoms with Gasteiger partial charge in [0.2, 0.25) is 0 Å². The molecule has 0 aromatic heterocycles. The molecule has 0 unspecified atom stereocenters. The maximum absolute atomic E-state index is 6.21. The van der Waals surface area contributed by atoms with E-state index in [0.717, 1.165) is 6.42 Å². The van der Waals surface area contributed by atoms with Gasteiger partial charge in [-0.15, -0.1) is 0 Å². The molecular formula is C15H24N2. The Hall–Kier alpha value is -1.02. The Morgan fingerprint density at radius 2 is 1.76 bits per heavy atom. The highest BCUT2D eigenvalue weighted by Gasteiger charge is 2.15. The highest BCUT2D eigenvalue weighted by Crippen LogP contribution is 2.28. The fourth-order valence-electron chi connectivity index (χ4n) is 2.62. The lowest BCUT2D eigenvalue weighted by atomic mass is 10.0. The first-order valence-corrected chi connectivity index (χ1v) is 6.92. The summed E-state index contributed by atoms with van der Waals surface area (Å²) in [7, 11) is 0. The van der Waals surface area contributed by atoms with Crippen LogP contribution in [0.1, 0.15) is 50.6 Å².